The van der Waals surface area contributed by atoms with E-state index in [0.29, 0.717) is 0 Å². The molecule has 1 saturated carbocycles. The normalized spacial score (nSPS) is 16.6. The van der Waals surface area contributed by atoms with Gasteiger partial charge in [-0.1, -0.05) is 28.8 Å². The molecule has 0 radical (unpaired) electrons. The van der Waals surface area contributed by atoms with E-state index >= 15 is 0 Å². The van der Waals surface area contributed by atoms with Gasteiger partial charge in [0, 0.05) is 16.1 Å². The number of aryl methyl sites for hydroxylation is 1. The zero-order valence-corrected chi connectivity index (χ0v) is 11.9. The number of rotatable bonds is 4. The maximum absolute atomic E-state index is 12.0. The fraction of sp³-hybridized carbons (Fsp3) is 0.500. The van der Waals surface area contributed by atoms with Gasteiger partial charge in [-0.2, -0.15) is 0 Å². The number of halogens is 1. The van der Waals surface area contributed by atoms with E-state index in [0.717, 1.165) is 27.9 Å². The Morgan fingerprint density at radius 2 is 2.18 bits per heavy atom. The first-order valence-electron chi connectivity index (χ1n) is 6.12. The first kappa shape index (κ1) is 12.6. The van der Waals surface area contributed by atoms with Crippen LogP contribution in [0.15, 0.2) is 22.7 Å². The molecule has 17 heavy (non-hydrogen) atoms. The van der Waals surface area contributed by atoms with Crippen LogP contribution in [0.25, 0.3) is 0 Å². The molecule has 2 rings (SSSR count). The van der Waals surface area contributed by atoms with Crippen LogP contribution in [0.1, 0.15) is 42.1 Å². The largest absolute Gasteiger partial charge is 0.350 e. The summed E-state index contributed by atoms with van der Waals surface area (Å²) in [5, 5.41) is 3.06. The molecule has 1 amide bonds. The van der Waals surface area contributed by atoms with Crippen molar-refractivity contribution in [2.75, 3.05) is 0 Å². The maximum atomic E-state index is 12.0. The molecule has 1 N–H and O–H groups in total. The van der Waals surface area contributed by atoms with Gasteiger partial charge >= 0.3 is 0 Å². The monoisotopic (exact) mass is 295 g/mol. The van der Waals surface area contributed by atoms with Crippen molar-refractivity contribution in [3.63, 3.8) is 0 Å². The molecule has 0 spiro atoms. The predicted octanol–water partition coefficient (Wildman–Crippen LogP) is 3.68. The van der Waals surface area contributed by atoms with E-state index in [4.69, 9.17) is 0 Å². The minimum atomic E-state index is 0.0301. The lowest BCUT2D eigenvalue weighted by Gasteiger charge is -2.13. The number of amides is 1. The van der Waals surface area contributed by atoms with Crippen molar-refractivity contribution in [3.8, 4) is 0 Å². The number of carbonyl (C=O) groups is 1. The van der Waals surface area contributed by atoms with Crippen LogP contribution < -0.4 is 5.32 Å². The summed E-state index contributed by atoms with van der Waals surface area (Å²) in [7, 11) is 0. The third kappa shape index (κ3) is 3.84. The summed E-state index contributed by atoms with van der Waals surface area (Å²) < 4.78 is 0.956. The zero-order chi connectivity index (χ0) is 12.4. The lowest BCUT2D eigenvalue weighted by Crippen LogP contribution is -2.32. The van der Waals surface area contributed by atoms with Gasteiger partial charge in [-0.15, -0.1) is 0 Å². The molecule has 0 aromatic heterocycles. The summed E-state index contributed by atoms with van der Waals surface area (Å²) in [4.78, 5) is 12.0. The molecular weight excluding hydrogens is 278 g/mol. The molecule has 92 valence electrons. The Kier molecular flexibility index (Phi) is 3.87. The Hall–Kier alpha value is -0.830. The average molecular weight is 296 g/mol. The second kappa shape index (κ2) is 5.21. The van der Waals surface area contributed by atoms with Gasteiger partial charge in [0.05, 0.1) is 0 Å². The highest BCUT2D eigenvalue weighted by Gasteiger charge is 2.24. The molecule has 0 heterocycles. The number of hydrogen-bond acceptors (Lipinski definition) is 1. The summed E-state index contributed by atoms with van der Waals surface area (Å²) >= 11 is 3.42. The topological polar surface area (TPSA) is 29.1 Å². The van der Waals surface area contributed by atoms with E-state index in [1.54, 1.807) is 0 Å². The highest BCUT2D eigenvalue weighted by molar-refractivity contribution is 9.10. The summed E-state index contributed by atoms with van der Waals surface area (Å²) in [6, 6.07) is 6.06. The van der Waals surface area contributed by atoms with E-state index in [9.17, 15) is 4.79 Å². The van der Waals surface area contributed by atoms with Crippen molar-refractivity contribution in [2.24, 2.45) is 5.92 Å². The second-order valence-electron chi connectivity index (χ2n) is 5.07. The van der Waals surface area contributed by atoms with Crippen molar-refractivity contribution in [2.45, 2.75) is 39.2 Å². The molecule has 1 fully saturated rings. The first-order valence-corrected chi connectivity index (χ1v) is 6.92. The number of carbonyl (C=O) groups excluding carboxylic acids is 1. The van der Waals surface area contributed by atoms with Gasteiger partial charge < -0.3 is 5.32 Å². The molecular formula is C14H18BrNO. The minimum absolute atomic E-state index is 0.0301. The van der Waals surface area contributed by atoms with Gasteiger partial charge in [0.2, 0.25) is 0 Å². The molecule has 3 heteroatoms. The molecule has 1 aliphatic carbocycles. The van der Waals surface area contributed by atoms with Crippen LogP contribution in [0.5, 0.6) is 0 Å². The minimum Gasteiger partial charge on any atom is -0.350 e. The van der Waals surface area contributed by atoms with Crippen LogP contribution in [0, 0.1) is 12.8 Å². The van der Waals surface area contributed by atoms with E-state index in [-0.39, 0.29) is 11.9 Å². The van der Waals surface area contributed by atoms with Crippen LogP contribution in [0.3, 0.4) is 0 Å². The van der Waals surface area contributed by atoms with Crippen molar-refractivity contribution in [1.82, 2.24) is 5.32 Å². The highest BCUT2D eigenvalue weighted by atomic mass is 79.9. The Labute approximate surface area is 111 Å². The summed E-state index contributed by atoms with van der Waals surface area (Å²) in [6.07, 6.45) is 3.77. The average Bonchev–Trinajstić information content (AvgIpc) is 2.99. The Morgan fingerprint density at radius 1 is 1.47 bits per heavy atom. The van der Waals surface area contributed by atoms with Crippen molar-refractivity contribution in [3.05, 3.63) is 33.8 Å². The molecule has 1 aromatic carbocycles. The lowest BCUT2D eigenvalue weighted by molar-refractivity contribution is 0.0937. The van der Waals surface area contributed by atoms with Gasteiger partial charge in [0.15, 0.2) is 0 Å². The van der Waals surface area contributed by atoms with E-state index in [1.807, 2.05) is 25.1 Å². The molecule has 0 bridgehead atoms. The molecule has 1 aliphatic rings. The number of hydrogen-bond donors (Lipinski definition) is 1. The Morgan fingerprint density at radius 3 is 2.76 bits per heavy atom. The van der Waals surface area contributed by atoms with Gasteiger partial charge in [0.25, 0.3) is 5.91 Å². The molecule has 1 atom stereocenters. The van der Waals surface area contributed by atoms with Crippen LogP contribution in [-0.4, -0.2) is 11.9 Å². The number of benzene rings is 1. The van der Waals surface area contributed by atoms with E-state index in [1.165, 1.54) is 12.8 Å². The van der Waals surface area contributed by atoms with Gasteiger partial charge in [0.1, 0.15) is 0 Å². The van der Waals surface area contributed by atoms with Crippen molar-refractivity contribution >= 4 is 21.8 Å². The van der Waals surface area contributed by atoms with E-state index < -0.39 is 0 Å². The zero-order valence-electron chi connectivity index (χ0n) is 10.3. The third-order valence-corrected chi connectivity index (χ3v) is 3.52. The van der Waals surface area contributed by atoms with Crippen molar-refractivity contribution in [1.29, 1.82) is 0 Å². The van der Waals surface area contributed by atoms with Crippen LogP contribution in [-0.2, 0) is 0 Å². The third-order valence-electron chi connectivity index (χ3n) is 3.07. The summed E-state index contributed by atoms with van der Waals surface area (Å²) in [5.41, 5.74) is 1.83. The van der Waals surface area contributed by atoms with Gasteiger partial charge in [-0.3, -0.25) is 4.79 Å². The molecule has 0 aliphatic heterocycles. The quantitative estimate of drug-likeness (QED) is 0.902. The summed E-state index contributed by atoms with van der Waals surface area (Å²) in [6.45, 7) is 4.08. The molecule has 2 nitrogen and oxygen atoms in total. The first-order chi connectivity index (χ1) is 8.04. The van der Waals surface area contributed by atoms with Gasteiger partial charge in [-0.25, -0.2) is 0 Å². The SMILES string of the molecule is Cc1cc(Br)cc(C(=O)NC(C)CC2CC2)c1. The fourth-order valence-electron chi connectivity index (χ4n) is 2.09. The highest BCUT2D eigenvalue weighted by Crippen LogP contribution is 2.33. The second-order valence-corrected chi connectivity index (χ2v) is 5.99. The molecule has 0 saturated heterocycles. The van der Waals surface area contributed by atoms with Crippen LogP contribution >= 0.6 is 15.9 Å². The summed E-state index contributed by atoms with van der Waals surface area (Å²) in [5.74, 6) is 0.872. The van der Waals surface area contributed by atoms with Crippen LogP contribution in [0.2, 0.25) is 0 Å². The lowest BCUT2D eigenvalue weighted by atomic mass is 10.1. The standard InChI is InChI=1S/C14H18BrNO/c1-9-5-12(8-13(15)6-9)14(17)16-10(2)7-11-3-4-11/h5-6,8,10-11H,3-4,7H2,1-2H3,(H,16,17). The fourth-order valence-corrected chi connectivity index (χ4v) is 2.69. The Bertz CT molecular complexity index is 406. The van der Waals surface area contributed by atoms with Gasteiger partial charge in [-0.05, 0) is 49.9 Å². The molecule has 1 unspecified atom stereocenters. The number of nitrogens with one attached hydrogen (secondary N) is 1. The van der Waals surface area contributed by atoms with E-state index in [2.05, 4.69) is 28.2 Å². The maximum Gasteiger partial charge on any atom is 0.251 e. The Balaban J connectivity index is 1.97. The van der Waals surface area contributed by atoms with Crippen molar-refractivity contribution < 1.29 is 4.79 Å². The van der Waals surface area contributed by atoms with Crippen LogP contribution in [0.4, 0.5) is 0 Å². The molecule has 1 aromatic rings. The predicted molar refractivity (Wildman–Crippen MR) is 73.1 cm³/mol. The smallest absolute Gasteiger partial charge is 0.251 e.